The second-order valence-electron chi connectivity index (χ2n) is 12.3. The number of rotatable bonds is 3. The number of nitro groups is 1. The molecule has 0 saturated carbocycles. The number of aromatic nitrogens is 3. The summed E-state index contributed by atoms with van der Waals surface area (Å²) in [5.41, 5.74) is 4.76. The molecule has 1 amide bonds. The van der Waals surface area contributed by atoms with Crippen molar-refractivity contribution >= 4 is 28.3 Å². The van der Waals surface area contributed by atoms with Crippen molar-refractivity contribution < 1.29 is 9.72 Å². The number of anilines is 1. The van der Waals surface area contributed by atoms with Crippen LogP contribution in [0.15, 0.2) is 65.5 Å². The van der Waals surface area contributed by atoms with Crippen LogP contribution in [0.3, 0.4) is 0 Å². The Kier molecular flexibility index (Phi) is 5.74. The van der Waals surface area contributed by atoms with E-state index in [1.165, 1.54) is 0 Å². The molecule has 10 heteroatoms. The van der Waals surface area contributed by atoms with E-state index in [0.29, 0.717) is 26.1 Å². The lowest BCUT2D eigenvalue weighted by atomic mass is 9.69. The average Bonchev–Trinajstić information content (AvgIpc) is 3.45. The molecule has 8 rings (SSSR count). The Morgan fingerprint density at radius 3 is 2.79 bits per heavy atom. The maximum absolute atomic E-state index is 14.8. The fourth-order valence-corrected chi connectivity index (χ4v) is 8.26. The number of aromatic amines is 1. The monoisotopic (exact) mass is 564 g/mol. The van der Waals surface area contributed by atoms with Gasteiger partial charge in [0.05, 0.1) is 27.9 Å². The number of hydrogen-bond acceptors (Lipinski definition) is 6. The zero-order valence-corrected chi connectivity index (χ0v) is 23.2. The molecule has 10 nitrogen and oxygen atoms in total. The molecule has 0 radical (unpaired) electrons. The largest absolute Gasteiger partial charge is 0.366 e. The van der Waals surface area contributed by atoms with Crippen LogP contribution in [0.1, 0.15) is 54.7 Å². The van der Waals surface area contributed by atoms with Crippen LogP contribution < -0.4 is 10.5 Å². The number of nitrogens with zero attached hydrogens (tertiary/aromatic N) is 5. The summed E-state index contributed by atoms with van der Waals surface area (Å²) in [4.78, 5) is 51.7. The van der Waals surface area contributed by atoms with Crippen LogP contribution in [0.4, 0.5) is 11.4 Å². The minimum Gasteiger partial charge on any atom is -0.366 e. The van der Waals surface area contributed by atoms with Gasteiger partial charge in [-0.15, -0.1) is 0 Å². The van der Waals surface area contributed by atoms with Gasteiger partial charge >= 0.3 is 0 Å². The van der Waals surface area contributed by atoms with Crippen molar-refractivity contribution in [1.29, 1.82) is 0 Å². The molecule has 6 heterocycles. The Morgan fingerprint density at radius 2 is 1.93 bits per heavy atom. The number of H-pyrrole nitrogens is 1. The Morgan fingerprint density at radius 1 is 1.05 bits per heavy atom. The maximum Gasteiger partial charge on any atom is 0.269 e. The van der Waals surface area contributed by atoms with Crippen molar-refractivity contribution in [2.24, 2.45) is 11.8 Å². The number of piperidine rings is 2. The molecule has 2 aromatic carbocycles. The molecular formula is C32H32N6O4. The highest BCUT2D eigenvalue weighted by molar-refractivity contribution is 5.83. The Labute approximate surface area is 242 Å². The second kappa shape index (κ2) is 9.54. The van der Waals surface area contributed by atoms with Gasteiger partial charge in [0.2, 0.25) is 5.91 Å². The topological polar surface area (TPSA) is 117 Å². The number of benzene rings is 2. The van der Waals surface area contributed by atoms with Gasteiger partial charge in [0.1, 0.15) is 5.82 Å². The summed E-state index contributed by atoms with van der Waals surface area (Å²) in [6, 6.07) is 18.3. The standard InChI is InChI=1S/C32H32N6O4/c39-29-10-5-9-26-20-14-21(18-36(26)29)30-23(16-19-15-22(38(41)42)11-12-27(19)37(30)17-20)32(40)35-13-4-3-8-28(35)31-33-24-6-1-2-7-25(24)34-31/h1-2,5-7,9-12,15,20-21,23,28,30H,3-4,8,13-14,16-18H2,(H,33,34)/t20-,21-,23+,28?,30-/m0/s1. The number of carbonyl (C=O) groups excluding carboxylic acids is 1. The summed E-state index contributed by atoms with van der Waals surface area (Å²) in [6.07, 6.45) is 4.15. The summed E-state index contributed by atoms with van der Waals surface area (Å²) in [5.74, 6) is 0.787. The van der Waals surface area contributed by atoms with E-state index in [9.17, 15) is 19.7 Å². The molecule has 2 aromatic heterocycles. The maximum atomic E-state index is 14.8. The molecule has 4 aliphatic heterocycles. The number of amides is 1. The van der Waals surface area contributed by atoms with Crippen molar-refractivity contribution in [3.05, 3.63) is 98.2 Å². The lowest BCUT2D eigenvalue weighted by Gasteiger charge is -2.55. The Balaban J connectivity index is 1.21. The van der Waals surface area contributed by atoms with Gasteiger partial charge in [0, 0.05) is 61.2 Å². The van der Waals surface area contributed by atoms with Crippen LogP contribution in [0.5, 0.6) is 0 Å². The molecule has 0 spiro atoms. The van der Waals surface area contributed by atoms with E-state index >= 15 is 0 Å². The Bertz CT molecular complexity index is 1760. The number of para-hydroxylation sites is 2. The SMILES string of the molecule is O=C([C@@H]1Cc2cc([N+](=O)[O-])ccc2N2C[C@@H]3C[C@@H](Cn4c3cccc4=O)[C@@H]12)N1CCCCC1c1nc2ccccc2[nH]1. The van der Waals surface area contributed by atoms with E-state index in [1.54, 1.807) is 18.2 Å². The van der Waals surface area contributed by atoms with Crippen molar-refractivity contribution in [1.82, 2.24) is 19.4 Å². The number of carbonyl (C=O) groups is 1. The van der Waals surface area contributed by atoms with Crippen LogP contribution in [0.25, 0.3) is 11.0 Å². The van der Waals surface area contributed by atoms with Gasteiger partial charge in [-0.05, 0) is 67.9 Å². The smallest absolute Gasteiger partial charge is 0.269 e. The third-order valence-electron chi connectivity index (χ3n) is 10.0. The molecule has 214 valence electrons. The number of nitro benzene ring substituents is 1. The average molecular weight is 565 g/mol. The van der Waals surface area contributed by atoms with E-state index in [0.717, 1.165) is 59.5 Å². The first-order valence-corrected chi connectivity index (χ1v) is 14.9. The molecule has 42 heavy (non-hydrogen) atoms. The molecule has 0 aliphatic carbocycles. The summed E-state index contributed by atoms with van der Waals surface area (Å²) in [6.45, 7) is 1.90. The van der Waals surface area contributed by atoms with E-state index in [1.807, 2.05) is 51.9 Å². The van der Waals surface area contributed by atoms with Gasteiger partial charge in [0.25, 0.3) is 11.2 Å². The number of imidazole rings is 1. The molecule has 4 aromatic rings. The molecule has 4 aliphatic rings. The van der Waals surface area contributed by atoms with Gasteiger partial charge in [-0.25, -0.2) is 4.98 Å². The van der Waals surface area contributed by atoms with E-state index in [-0.39, 0.29) is 51.9 Å². The summed E-state index contributed by atoms with van der Waals surface area (Å²) >= 11 is 0. The molecule has 1 unspecified atom stereocenters. The van der Waals surface area contributed by atoms with E-state index in [4.69, 9.17) is 4.98 Å². The van der Waals surface area contributed by atoms with Gasteiger partial charge in [-0.2, -0.15) is 0 Å². The van der Waals surface area contributed by atoms with Crippen molar-refractivity contribution in [2.75, 3.05) is 18.0 Å². The summed E-state index contributed by atoms with van der Waals surface area (Å²) < 4.78 is 1.90. The van der Waals surface area contributed by atoms with Gasteiger partial charge in [0.15, 0.2) is 0 Å². The van der Waals surface area contributed by atoms with Crippen molar-refractivity contribution in [3.8, 4) is 0 Å². The highest BCUT2D eigenvalue weighted by Gasteiger charge is 2.51. The quantitative estimate of drug-likeness (QED) is 0.288. The zero-order chi connectivity index (χ0) is 28.5. The third-order valence-corrected chi connectivity index (χ3v) is 10.0. The van der Waals surface area contributed by atoms with Gasteiger partial charge in [-0.3, -0.25) is 19.7 Å². The van der Waals surface area contributed by atoms with Crippen LogP contribution in [-0.4, -0.2) is 49.4 Å². The first-order chi connectivity index (χ1) is 20.5. The highest BCUT2D eigenvalue weighted by atomic mass is 16.6. The number of fused-ring (bicyclic) bond motifs is 9. The molecule has 2 fully saturated rings. The predicted octanol–water partition coefficient (Wildman–Crippen LogP) is 4.55. The number of hydrogen-bond donors (Lipinski definition) is 1. The van der Waals surface area contributed by atoms with Crippen LogP contribution in [-0.2, 0) is 17.8 Å². The highest BCUT2D eigenvalue weighted by Crippen LogP contribution is 2.48. The molecule has 2 bridgehead atoms. The molecule has 2 saturated heterocycles. The fraction of sp³-hybridized carbons (Fsp3) is 0.406. The third kappa shape index (κ3) is 3.88. The first kappa shape index (κ1) is 25.3. The minimum absolute atomic E-state index is 0.00587. The molecule has 5 atom stereocenters. The Hall–Kier alpha value is -4.47. The minimum atomic E-state index is -0.378. The predicted molar refractivity (Wildman–Crippen MR) is 157 cm³/mol. The number of likely N-dealkylation sites (tertiary alicyclic amines) is 1. The van der Waals surface area contributed by atoms with Crippen LogP contribution in [0.2, 0.25) is 0 Å². The lowest BCUT2D eigenvalue weighted by Crippen LogP contribution is -2.61. The van der Waals surface area contributed by atoms with Crippen molar-refractivity contribution in [2.45, 2.75) is 56.7 Å². The summed E-state index contributed by atoms with van der Waals surface area (Å²) in [7, 11) is 0. The van der Waals surface area contributed by atoms with Gasteiger partial charge < -0.3 is 19.4 Å². The van der Waals surface area contributed by atoms with Crippen LogP contribution in [0, 0.1) is 22.0 Å². The number of nitrogens with one attached hydrogen (secondary N) is 1. The summed E-state index contributed by atoms with van der Waals surface area (Å²) in [5, 5.41) is 11.7. The van der Waals surface area contributed by atoms with E-state index in [2.05, 4.69) is 9.88 Å². The van der Waals surface area contributed by atoms with Crippen LogP contribution >= 0.6 is 0 Å². The van der Waals surface area contributed by atoms with E-state index < -0.39 is 0 Å². The van der Waals surface area contributed by atoms with Crippen molar-refractivity contribution in [3.63, 3.8) is 0 Å². The molecular weight excluding hydrogens is 532 g/mol. The lowest BCUT2D eigenvalue weighted by molar-refractivity contribution is -0.384. The second-order valence-corrected chi connectivity index (χ2v) is 12.3. The molecule has 1 N–H and O–H groups in total. The van der Waals surface area contributed by atoms with Gasteiger partial charge in [-0.1, -0.05) is 18.2 Å². The normalized spacial score (nSPS) is 26.3. The number of non-ortho nitro benzene ring substituents is 1. The number of pyridine rings is 1. The zero-order valence-electron chi connectivity index (χ0n) is 23.2. The fourth-order valence-electron chi connectivity index (χ4n) is 8.26. The first-order valence-electron chi connectivity index (χ1n) is 14.9.